The van der Waals surface area contributed by atoms with Crippen LogP contribution in [0.2, 0.25) is 0 Å². The number of hydrogen-bond donors (Lipinski definition) is 1. The molecule has 0 radical (unpaired) electrons. The highest BCUT2D eigenvalue weighted by Gasteiger charge is 2.11. The van der Waals surface area contributed by atoms with Crippen molar-refractivity contribution in [3.63, 3.8) is 0 Å². The van der Waals surface area contributed by atoms with E-state index < -0.39 is 0 Å². The van der Waals surface area contributed by atoms with E-state index in [1.807, 2.05) is 13.2 Å². The molecule has 0 atom stereocenters. The maximum Gasteiger partial charge on any atom is 0.258 e. The number of anilines is 1. The van der Waals surface area contributed by atoms with E-state index in [2.05, 4.69) is 20.2 Å². The summed E-state index contributed by atoms with van der Waals surface area (Å²) in [5.74, 6) is 1.31. The summed E-state index contributed by atoms with van der Waals surface area (Å²) in [5, 5.41) is 7.96. The molecule has 3 rings (SSSR count). The second-order valence-corrected chi connectivity index (χ2v) is 3.80. The van der Waals surface area contributed by atoms with Crippen LogP contribution < -0.4 is 5.73 Å². The van der Waals surface area contributed by atoms with Gasteiger partial charge in [0, 0.05) is 25.0 Å². The van der Waals surface area contributed by atoms with E-state index in [0.717, 1.165) is 11.1 Å². The Morgan fingerprint density at radius 3 is 2.94 bits per heavy atom. The summed E-state index contributed by atoms with van der Waals surface area (Å²) in [7, 11) is 1.83. The van der Waals surface area contributed by atoms with Crippen molar-refractivity contribution in [2.45, 2.75) is 0 Å². The monoisotopic (exact) mass is 242 g/mol. The third kappa shape index (κ3) is 1.81. The molecule has 0 aliphatic rings. The zero-order valence-corrected chi connectivity index (χ0v) is 9.61. The van der Waals surface area contributed by atoms with Gasteiger partial charge in [0.25, 0.3) is 5.89 Å². The number of aromatic nitrogens is 5. The molecule has 0 bridgehead atoms. The molecule has 3 heterocycles. The number of rotatable bonds is 2. The zero-order valence-electron chi connectivity index (χ0n) is 9.61. The largest absolute Gasteiger partial charge is 0.384 e. The van der Waals surface area contributed by atoms with E-state index in [1.54, 1.807) is 29.2 Å². The summed E-state index contributed by atoms with van der Waals surface area (Å²) in [5.41, 5.74) is 7.14. The molecule has 18 heavy (non-hydrogen) atoms. The first-order valence-electron chi connectivity index (χ1n) is 5.27. The fourth-order valence-electron chi connectivity index (χ4n) is 1.58. The number of nitrogen functional groups attached to an aromatic ring is 1. The summed E-state index contributed by atoms with van der Waals surface area (Å²) in [6.45, 7) is 0. The van der Waals surface area contributed by atoms with Gasteiger partial charge in [0.1, 0.15) is 5.82 Å². The van der Waals surface area contributed by atoms with Crippen molar-refractivity contribution < 1.29 is 4.52 Å². The van der Waals surface area contributed by atoms with Gasteiger partial charge in [-0.2, -0.15) is 10.1 Å². The van der Waals surface area contributed by atoms with Gasteiger partial charge in [0.2, 0.25) is 5.82 Å². The Balaban J connectivity index is 1.99. The van der Waals surface area contributed by atoms with Crippen LogP contribution in [0.5, 0.6) is 0 Å². The first-order chi connectivity index (χ1) is 8.72. The van der Waals surface area contributed by atoms with E-state index in [-0.39, 0.29) is 0 Å². The summed E-state index contributed by atoms with van der Waals surface area (Å²) in [6, 6.07) is 3.44. The van der Waals surface area contributed by atoms with Crippen LogP contribution in [0.25, 0.3) is 22.8 Å². The molecule has 3 aromatic rings. The zero-order chi connectivity index (χ0) is 12.5. The molecule has 0 unspecified atom stereocenters. The van der Waals surface area contributed by atoms with Gasteiger partial charge in [-0.25, -0.2) is 4.98 Å². The summed E-state index contributed by atoms with van der Waals surface area (Å²) in [4.78, 5) is 8.20. The summed E-state index contributed by atoms with van der Waals surface area (Å²) < 4.78 is 6.86. The molecule has 0 saturated carbocycles. The summed E-state index contributed by atoms with van der Waals surface area (Å²) in [6.07, 6.45) is 5.09. The third-order valence-electron chi connectivity index (χ3n) is 2.42. The van der Waals surface area contributed by atoms with Crippen LogP contribution in [-0.4, -0.2) is 24.9 Å². The van der Waals surface area contributed by atoms with Gasteiger partial charge >= 0.3 is 0 Å². The predicted molar refractivity (Wildman–Crippen MR) is 64.1 cm³/mol. The second kappa shape index (κ2) is 3.95. The normalized spacial score (nSPS) is 10.7. The van der Waals surface area contributed by atoms with Crippen LogP contribution in [-0.2, 0) is 7.05 Å². The van der Waals surface area contributed by atoms with Crippen molar-refractivity contribution in [3.8, 4) is 22.8 Å². The van der Waals surface area contributed by atoms with Crippen molar-refractivity contribution >= 4 is 5.82 Å². The van der Waals surface area contributed by atoms with E-state index >= 15 is 0 Å². The van der Waals surface area contributed by atoms with E-state index in [4.69, 9.17) is 10.3 Å². The Morgan fingerprint density at radius 2 is 2.22 bits per heavy atom. The highest BCUT2D eigenvalue weighted by Crippen LogP contribution is 2.22. The molecule has 0 aliphatic carbocycles. The van der Waals surface area contributed by atoms with Crippen molar-refractivity contribution in [3.05, 3.63) is 30.7 Å². The lowest BCUT2D eigenvalue weighted by atomic mass is 10.2. The first-order valence-corrected chi connectivity index (χ1v) is 5.27. The predicted octanol–water partition coefficient (Wildman–Crippen LogP) is 1.11. The fraction of sp³-hybridized carbons (Fsp3) is 0.0909. The molecule has 0 fully saturated rings. The van der Waals surface area contributed by atoms with Crippen molar-refractivity contribution in [2.75, 3.05) is 5.73 Å². The number of hydrogen-bond acceptors (Lipinski definition) is 6. The average molecular weight is 242 g/mol. The van der Waals surface area contributed by atoms with Crippen LogP contribution in [0.4, 0.5) is 5.82 Å². The van der Waals surface area contributed by atoms with Crippen LogP contribution in [0, 0.1) is 0 Å². The minimum Gasteiger partial charge on any atom is -0.384 e. The second-order valence-electron chi connectivity index (χ2n) is 3.80. The van der Waals surface area contributed by atoms with E-state index in [9.17, 15) is 0 Å². The molecular formula is C11H10N6O. The maximum absolute atomic E-state index is 5.60. The Kier molecular flexibility index (Phi) is 2.30. The minimum absolute atomic E-state index is 0.406. The van der Waals surface area contributed by atoms with Gasteiger partial charge in [-0.05, 0) is 12.1 Å². The lowest BCUT2D eigenvalue weighted by molar-refractivity contribution is 0.432. The topological polar surface area (TPSA) is 95.7 Å². The van der Waals surface area contributed by atoms with Crippen LogP contribution in [0.1, 0.15) is 0 Å². The van der Waals surface area contributed by atoms with Gasteiger partial charge in [-0.15, -0.1) is 0 Å². The van der Waals surface area contributed by atoms with E-state index in [0.29, 0.717) is 17.5 Å². The van der Waals surface area contributed by atoms with Crippen LogP contribution >= 0.6 is 0 Å². The standard InChI is InChI=1S/C11H10N6O/c1-17-6-8(5-14-17)10-15-11(18-16-10)7-2-3-13-9(12)4-7/h2-6H,1H3,(H2,12,13). The molecule has 0 saturated heterocycles. The molecule has 2 N–H and O–H groups in total. The number of aryl methyl sites for hydroxylation is 1. The van der Waals surface area contributed by atoms with Gasteiger partial charge in [0.15, 0.2) is 0 Å². The molecular weight excluding hydrogens is 232 g/mol. The molecule has 0 amide bonds. The van der Waals surface area contributed by atoms with E-state index in [1.165, 1.54) is 0 Å². The van der Waals surface area contributed by atoms with Crippen LogP contribution in [0.15, 0.2) is 35.2 Å². The first kappa shape index (κ1) is 10.5. The molecule has 90 valence electrons. The Bertz CT molecular complexity index is 686. The summed E-state index contributed by atoms with van der Waals surface area (Å²) >= 11 is 0. The van der Waals surface area contributed by atoms with Gasteiger partial charge < -0.3 is 10.3 Å². The number of pyridine rings is 1. The molecule has 7 nitrogen and oxygen atoms in total. The average Bonchev–Trinajstić information content (AvgIpc) is 2.97. The number of nitrogens with zero attached hydrogens (tertiary/aromatic N) is 5. The van der Waals surface area contributed by atoms with Crippen LogP contribution in [0.3, 0.4) is 0 Å². The molecule has 0 spiro atoms. The molecule has 0 aliphatic heterocycles. The fourth-order valence-corrected chi connectivity index (χ4v) is 1.58. The van der Waals surface area contributed by atoms with Gasteiger partial charge in [-0.3, -0.25) is 4.68 Å². The molecule has 0 aromatic carbocycles. The Hall–Kier alpha value is -2.70. The molecule has 3 aromatic heterocycles. The van der Waals surface area contributed by atoms with Crippen molar-refractivity contribution in [1.82, 2.24) is 24.9 Å². The Labute approximate surface area is 102 Å². The maximum atomic E-state index is 5.60. The quantitative estimate of drug-likeness (QED) is 0.723. The lowest BCUT2D eigenvalue weighted by Gasteiger charge is -1.94. The highest BCUT2D eigenvalue weighted by molar-refractivity contribution is 5.60. The molecule has 7 heteroatoms. The highest BCUT2D eigenvalue weighted by atomic mass is 16.5. The van der Waals surface area contributed by atoms with Crippen molar-refractivity contribution in [1.29, 1.82) is 0 Å². The number of nitrogens with two attached hydrogens (primary N) is 1. The van der Waals surface area contributed by atoms with Gasteiger partial charge in [0.05, 0.1) is 11.8 Å². The Morgan fingerprint density at radius 1 is 1.33 bits per heavy atom. The lowest BCUT2D eigenvalue weighted by Crippen LogP contribution is -1.89. The third-order valence-corrected chi connectivity index (χ3v) is 2.42. The smallest absolute Gasteiger partial charge is 0.258 e. The van der Waals surface area contributed by atoms with Gasteiger partial charge in [-0.1, -0.05) is 5.16 Å². The minimum atomic E-state index is 0.406. The SMILES string of the molecule is Cn1cc(-c2noc(-c3ccnc(N)c3)n2)cn1. The van der Waals surface area contributed by atoms with Crippen molar-refractivity contribution in [2.24, 2.45) is 7.05 Å².